The van der Waals surface area contributed by atoms with E-state index in [-0.39, 0.29) is 52.1 Å². The topological polar surface area (TPSA) is 132 Å². The quantitative estimate of drug-likeness (QED) is 0.340. The maximum absolute atomic E-state index is 13.4. The minimum absolute atomic E-state index is 0.0634. The number of phenolic OH excluding ortho intramolecular Hbond substituents is 2. The van der Waals surface area contributed by atoms with E-state index in [4.69, 9.17) is 13.9 Å². The van der Waals surface area contributed by atoms with E-state index in [1.807, 2.05) is 0 Å². The summed E-state index contributed by atoms with van der Waals surface area (Å²) in [7, 11) is 2.52. The summed E-state index contributed by atoms with van der Waals surface area (Å²) in [4.78, 5) is 37.0. The Labute approximate surface area is 211 Å². The Morgan fingerprint density at radius 3 is 2.22 bits per heavy atom. The van der Waals surface area contributed by atoms with Crippen LogP contribution in [0.5, 0.6) is 17.2 Å². The smallest absolute Gasteiger partial charge is 0.343 e. The predicted octanol–water partition coefficient (Wildman–Crippen LogP) is 4.12. The lowest BCUT2D eigenvalue weighted by Crippen LogP contribution is -2.13. The van der Waals surface area contributed by atoms with Gasteiger partial charge >= 0.3 is 11.9 Å². The first-order valence-corrected chi connectivity index (χ1v) is 11.3. The van der Waals surface area contributed by atoms with E-state index >= 15 is 0 Å². The summed E-state index contributed by atoms with van der Waals surface area (Å²) < 4.78 is 20.7. The molecule has 4 rings (SSSR count). The van der Waals surface area contributed by atoms with Gasteiger partial charge in [0.25, 0.3) is 0 Å². The van der Waals surface area contributed by atoms with Crippen molar-refractivity contribution in [2.24, 2.45) is 0 Å². The van der Waals surface area contributed by atoms with Crippen LogP contribution in [0.25, 0.3) is 22.1 Å². The number of benzene rings is 3. The fraction of sp³-hybridized carbons (Fsp3) is 0.179. The number of carbonyl (C=O) groups is 2. The molecule has 0 fully saturated rings. The summed E-state index contributed by atoms with van der Waals surface area (Å²) in [6.45, 7) is -0.264. The molecular formula is C28H24O9. The third-order valence-electron chi connectivity index (χ3n) is 5.95. The van der Waals surface area contributed by atoms with Gasteiger partial charge in [-0.15, -0.1) is 0 Å². The second-order valence-electron chi connectivity index (χ2n) is 8.17. The van der Waals surface area contributed by atoms with Crippen LogP contribution >= 0.6 is 0 Å². The van der Waals surface area contributed by atoms with Crippen LogP contribution < -0.4 is 10.2 Å². The normalized spacial score (nSPS) is 11.6. The zero-order valence-corrected chi connectivity index (χ0v) is 20.1. The van der Waals surface area contributed by atoms with E-state index in [2.05, 4.69) is 4.74 Å². The molecule has 0 saturated heterocycles. The van der Waals surface area contributed by atoms with Gasteiger partial charge in [-0.25, -0.2) is 4.79 Å². The van der Waals surface area contributed by atoms with E-state index in [0.29, 0.717) is 16.9 Å². The second kappa shape index (κ2) is 10.9. The van der Waals surface area contributed by atoms with Gasteiger partial charge in [-0.1, -0.05) is 24.3 Å². The molecule has 0 spiro atoms. The Morgan fingerprint density at radius 2 is 1.57 bits per heavy atom. The summed E-state index contributed by atoms with van der Waals surface area (Å²) in [6.07, 6.45) is 1.15. The van der Waals surface area contributed by atoms with Crippen LogP contribution in [0.1, 0.15) is 23.5 Å². The summed E-state index contributed by atoms with van der Waals surface area (Å²) in [6, 6.07) is 15.6. The molecule has 37 heavy (non-hydrogen) atoms. The Hall–Kier alpha value is -4.79. The molecule has 9 nitrogen and oxygen atoms in total. The standard InChI is InChI=1S/C28H24O9/c1-34-24(31)13-21(16-5-9-19(10-6-16)36-15-25(32)35-2)26-23(30)12-11-20-27(33)22(14-37-28(20)26)17-3-7-18(29)8-4-17/h3-12,14,21,29-30H,13,15H2,1-2H3. The van der Waals surface area contributed by atoms with Crippen molar-refractivity contribution in [3.63, 3.8) is 0 Å². The minimum Gasteiger partial charge on any atom is -0.508 e. The zero-order chi connectivity index (χ0) is 26.5. The van der Waals surface area contributed by atoms with Crippen molar-refractivity contribution >= 4 is 22.9 Å². The summed E-state index contributed by atoms with van der Waals surface area (Å²) in [5.74, 6) is -1.49. The highest BCUT2D eigenvalue weighted by Crippen LogP contribution is 2.39. The average Bonchev–Trinajstić information content (AvgIpc) is 2.91. The molecule has 1 atom stereocenters. The number of esters is 2. The lowest BCUT2D eigenvalue weighted by Gasteiger charge is -2.20. The van der Waals surface area contributed by atoms with Crippen molar-refractivity contribution in [3.8, 4) is 28.4 Å². The van der Waals surface area contributed by atoms with Gasteiger partial charge in [0.1, 0.15) is 29.1 Å². The first kappa shape index (κ1) is 25.3. The van der Waals surface area contributed by atoms with Gasteiger partial charge in [0.05, 0.1) is 31.6 Å². The highest BCUT2D eigenvalue weighted by molar-refractivity contribution is 5.87. The third-order valence-corrected chi connectivity index (χ3v) is 5.95. The molecule has 1 aromatic heterocycles. The molecule has 0 aliphatic heterocycles. The van der Waals surface area contributed by atoms with Crippen molar-refractivity contribution in [1.82, 2.24) is 0 Å². The molecule has 0 aliphatic carbocycles. The van der Waals surface area contributed by atoms with Crippen LogP contribution in [0.15, 0.2) is 76.1 Å². The van der Waals surface area contributed by atoms with E-state index < -0.39 is 17.9 Å². The number of carbonyl (C=O) groups excluding carboxylic acids is 2. The maximum atomic E-state index is 13.4. The van der Waals surface area contributed by atoms with Gasteiger partial charge in [-0.3, -0.25) is 9.59 Å². The molecule has 4 aromatic rings. The number of fused-ring (bicyclic) bond motifs is 1. The van der Waals surface area contributed by atoms with Crippen molar-refractivity contribution in [2.75, 3.05) is 20.8 Å². The molecule has 2 N–H and O–H groups in total. The van der Waals surface area contributed by atoms with E-state index in [1.54, 1.807) is 36.4 Å². The van der Waals surface area contributed by atoms with E-state index in [0.717, 1.165) is 0 Å². The summed E-state index contributed by atoms with van der Waals surface area (Å²) in [5.41, 5.74) is 1.49. The average molecular weight is 504 g/mol. The molecule has 1 unspecified atom stereocenters. The molecule has 9 heteroatoms. The largest absolute Gasteiger partial charge is 0.508 e. The molecule has 0 amide bonds. The zero-order valence-electron chi connectivity index (χ0n) is 20.1. The molecule has 0 bridgehead atoms. The molecule has 3 aromatic carbocycles. The van der Waals surface area contributed by atoms with Crippen molar-refractivity contribution < 1.29 is 38.4 Å². The maximum Gasteiger partial charge on any atom is 0.343 e. The molecule has 190 valence electrons. The SMILES string of the molecule is COC(=O)COc1ccc(C(CC(=O)OC)c2c(O)ccc3c(=O)c(-c4ccc(O)cc4)coc23)cc1. The highest BCUT2D eigenvalue weighted by atomic mass is 16.6. The van der Waals surface area contributed by atoms with Crippen molar-refractivity contribution in [2.45, 2.75) is 12.3 Å². The first-order chi connectivity index (χ1) is 17.8. The summed E-state index contributed by atoms with van der Waals surface area (Å²) in [5, 5.41) is 20.6. The number of aromatic hydroxyl groups is 2. The lowest BCUT2D eigenvalue weighted by molar-refractivity contribution is -0.143. The fourth-order valence-electron chi connectivity index (χ4n) is 4.02. The van der Waals surface area contributed by atoms with Crippen LogP contribution in [0.3, 0.4) is 0 Å². The van der Waals surface area contributed by atoms with Crippen molar-refractivity contribution in [1.29, 1.82) is 0 Å². The number of hydrogen-bond donors (Lipinski definition) is 2. The van der Waals surface area contributed by atoms with Crippen LogP contribution in [0.2, 0.25) is 0 Å². The predicted molar refractivity (Wildman–Crippen MR) is 134 cm³/mol. The Bertz CT molecular complexity index is 1490. The molecular weight excluding hydrogens is 480 g/mol. The fourth-order valence-corrected chi connectivity index (χ4v) is 4.02. The van der Waals surface area contributed by atoms with E-state index in [1.165, 1.54) is 44.7 Å². The van der Waals surface area contributed by atoms with Gasteiger partial charge in [-0.05, 0) is 47.5 Å². The van der Waals surface area contributed by atoms with Crippen LogP contribution in [0, 0.1) is 0 Å². The second-order valence-corrected chi connectivity index (χ2v) is 8.17. The van der Waals surface area contributed by atoms with Crippen molar-refractivity contribution in [3.05, 3.63) is 88.3 Å². The number of methoxy groups -OCH3 is 2. The van der Waals surface area contributed by atoms with Crippen LogP contribution in [-0.4, -0.2) is 43.0 Å². The number of phenols is 2. The minimum atomic E-state index is -0.728. The monoisotopic (exact) mass is 504 g/mol. The number of ether oxygens (including phenoxy) is 3. The number of hydrogen-bond acceptors (Lipinski definition) is 9. The number of rotatable bonds is 8. The lowest BCUT2D eigenvalue weighted by atomic mass is 9.86. The Balaban J connectivity index is 1.80. The van der Waals surface area contributed by atoms with Gasteiger partial charge in [-0.2, -0.15) is 0 Å². The van der Waals surface area contributed by atoms with E-state index in [9.17, 15) is 24.6 Å². The first-order valence-electron chi connectivity index (χ1n) is 11.3. The Kier molecular flexibility index (Phi) is 7.43. The van der Waals surface area contributed by atoms with Gasteiger partial charge in [0.15, 0.2) is 6.61 Å². The summed E-state index contributed by atoms with van der Waals surface area (Å²) >= 11 is 0. The van der Waals surface area contributed by atoms with Crippen LogP contribution in [0.4, 0.5) is 0 Å². The molecule has 0 aliphatic rings. The third kappa shape index (κ3) is 5.40. The molecule has 0 radical (unpaired) electrons. The molecule has 1 heterocycles. The Morgan fingerprint density at radius 1 is 0.892 bits per heavy atom. The van der Waals surface area contributed by atoms with Gasteiger partial charge in [0.2, 0.25) is 5.43 Å². The van der Waals surface area contributed by atoms with Crippen LogP contribution in [-0.2, 0) is 19.1 Å². The highest BCUT2D eigenvalue weighted by Gasteiger charge is 2.27. The van der Waals surface area contributed by atoms with Gasteiger partial charge in [0, 0.05) is 11.5 Å². The molecule has 0 saturated carbocycles. The van der Waals surface area contributed by atoms with Gasteiger partial charge < -0.3 is 28.8 Å².